The maximum absolute atomic E-state index is 14.4. The van der Waals surface area contributed by atoms with E-state index < -0.39 is 24.1 Å². The van der Waals surface area contributed by atoms with Crippen LogP contribution in [0, 0.1) is 5.82 Å². The van der Waals surface area contributed by atoms with Crippen molar-refractivity contribution in [2.24, 2.45) is 0 Å². The average Bonchev–Trinajstić information content (AvgIpc) is 3.19. The minimum absolute atomic E-state index is 0.148. The zero-order valence-corrected chi connectivity index (χ0v) is 18.5. The number of hydrogen-bond acceptors (Lipinski definition) is 5. The van der Waals surface area contributed by atoms with Crippen LogP contribution in [0.3, 0.4) is 0 Å². The molecule has 3 heterocycles. The highest BCUT2D eigenvalue weighted by Gasteiger charge is 2.56. The Morgan fingerprint density at radius 2 is 1.84 bits per heavy atom. The molecule has 0 spiro atoms. The van der Waals surface area contributed by atoms with E-state index in [4.69, 9.17) is 11.6 Å². The van der Waals surface area contributed by atoms with Gasteiger partial charge in [-0.05, 0) is 24.1 Å². The van der Waals surface area contributed by atoms with E-state index in [1.807, 2.05) is 18.2 Å². The minimum atomic E-state index is -0.535. The van der Waals surface area contributed by atoms with Gasteiger partial charge in [-0.2, -0.15) is 0 Å². The summed E-state index contributed by atoms with van der Waals surface area (Å²) in [5.74, 6) is -0.855. The van der Waals surface area contributed by atoms with Crippen LogP contribution in [0.1, 0.15) is 17.5 Å². The van der Waals surface area contributed by atoms with Gasteiger partial charge in [0.1, 0.15) is 24.3 Å². The largest absolute Gasteiger partial charge is 0.328 e. The number of fused-ring (bicyclic) bond motifs is 3. The zero-order chi connectivity index (χ0) is 22.4. The molecule has 1 N–H and O–H groups in total. The lowest BCUT2D eigenvalue weighted by atomic mass is 10.1. The second-order valence-corrected chi connectivity index (χ2v) is 8.90. The molecule has 3 amide bonds. The van der Waals surface area contributed by atoms with Gasteiger partial charge in [-0.1, -0.05) is 48.0 Å². The summed E-state index contributed by atoms with van der Waals surface area (Å²) in [7, 11) is 1.68. The lowest BCUT2D eigenvalue weighted by molar-refractivity contribution is -0.140. The van der Waals surface area contributed by atoms with Gasteiger partial charge in [-0.25, -0.2) is 9.18 Å². The van der Waals surface area contributed by atoms with Gasteiger partial charge < -0.3 is 4.90 Å². The smallest absolute Gasteiger partial charge is 0.310 e. The summed E-state index contributed by atoms with van der Waals surface area (Å²) < 4.78 is 14.4. The molecule has 3 saturated heterocycles. The molecule has 32 heavy (non-hydrogen) atoms. The molecule has 7 nitrogen and oxygen atoms in total. The van der Waals surface area contributed by atoms with Gasteiger partial charge in [0, 0.05) is 37.3 Å². The third-order valence-corrected chi connectivity index (χ3v) is 6.93. The molecule has 0 radical (unpaired) electrons. The normalized spacial score (nSPS) is 26.4. The molecule has 0 saturated carbocycles. The molecule has 2 aromatic rings. The number of amides is 3. The molecule has 3 fully saturated rings. The van der Waals surface area contributed by atoms with Gasteiger partial charge in [0.05, 0.1) is 6.54 Å². The molecule has 3 aliphatic heterocycles. The summed E-state index contributed by atoms with van der Waals surface area (Å²) in [6.45, 7) is 2.19. The van der Waals surface area contributed by atoms with E-state index in [1.165, 1.54) is 17.7 Å². The van der Waals surface area contributed by atoms with E-state index in [2.05, 4.69) is 27.2 Å². The van der Waals surface area contributed by atoms with Gasteiger partial charge in [-0.3, -0.25) is 24.8 Å². The number of hydrogen-bond donors (Lipinski definition) is 1. The number of nitrogens with zero attached hydrogens (tertiary/aromatic N) is 4. The number of urea groups is 1. The summed E-state index contributed by atoms with van der Waals surface area (Å²) >= 11 is 6.17. The molecule has 3 aliphatic rings. The molecular weight excluding hydrogens is 433 g/mol. The van der Waals surface area contributed by atoms with Crippen LogP contribution in [0.25, 0.3) is 0 Å². The van der Waals surface area contributed by atoms with E-state index in [0.717, 1.165) is 31.0 Å². The van der Waals surface area contributed by atoms with Crippen LogP contribution in [0.4, 0.5) is 9.18 Å². The van der Waals surface area contributed by atoms with Crippen LogP contribution >= 0.6 is 11.6 Å². The summed E-state index contributed by atoms with van der Waals surface area (Å²) in [5, 5.41) is 3.69. The van der Waals surface area contributed by atoms with E-state index in [9.17, 15) is 14.0 Å². The topological polar surface area (TPSA) is 59.1 Å². The first-order valence-corrected chi connectivity index (χ1v) is 11.1. The summed E-state index contributed by atoms with van der Waals surface area (Å²) in [4.78, 5) is 33.7. The number of nitrogens with one attached hydrogen (secondary N) is 1. The van der Waals surface area contributed by atoms with Crippen LogP contribution in [0.15, 0.2) is 48.5 Å². The third kappa shape index (κ3) is 3.57. The quantitative estimate of drug-likeness (QED) is 0.765. The molecule has 0 aromatic heterocycles. The molecule has 0 bridgehead atoms. The number of rotatable bonds is 4. The number of imide groups is 1. The second-order valence-electron chi connectivity index (χ2n) is 8.50. The fraction of sp³-hybridized carbons (Fsp3) is 0.391. The Morgan fingerprint density at radius 1 is 1.06 bits per heavy atom. The van der Waals surface area contributed by atoms with Crippen LogP contribution < -0.4 is 5.32 Å². The second kappa shape index (κ2) is 8.44. The van der Waals surface area contributed by atoms with Crippen LogP contribution in [0.2, 0.25) is 5.02 Å². The molecule has 3 unspecified atom stereocenters. The Labute approximate surface area is 191 Å². The van der Waals surface area contributed by atoms with Gasteiger partial charge >= 0.3 is 6.03 Å². The van der Waals surface area contributed by atoms with Crippen molar-refractivity contribution < 1.29 is 14.0 Å². The van der Waals surface area contributed by atoms with Crippen molar-refractivity contribution in [1.29, 1.82) is 0 Å². The predicted molar refractivity (Wildman–Crippen MR) is 118 cm³/mol. The number of likely N-dealkylation sites (N-methyl/N-ethyl adjacent to an activating group) is 1. The van der Waals surface area contributed by atoms with Crippen molar-refractivity contribution in [1.82, 2.24) is 24.9 Å². The predicted octanol–water partition coefficient (Wildman–Crippen LogP) is 2.66. The first-order valence-electron chi connectivity index (χ1n) is 10.8. The Kier molecular flexibility index (Phi) is 5.63. The van der Waals surface area contributed by atoms with Crippen molar-refractivity contribution in [3.63, 3.8) is 0 Å². The van der Waals surface area contributed by atoms with E-state index in [0.29, 0.717) is 0 Å². The van der Waals surface area contributed by atoms with Crippen molar-refractivity contribution in [3.8, 4) is 0 Å². The Balaban J connectivity index is 1.41. The average molecular weight is 458 g/mol. The van der Waals surface area contributed by atoms with E-state index in [1.54, 1.807) is 18.0 Å². The number of carbonyl (C=O) groups excluding carboxylic acids is 2. The molecule has 0 aliphatic carbocycles. The number of benzene rings is 2. The van der Waals surface area contributed by atoms with Crippen molar-refractivity contribution in [2.75, 3.05) is 20.1 Å². The van der Waals surface area contributed by atoms with Gasteiger partial charge in [-0.15, -0.1) is 0 Å². The van der Waals surface area contributed by atoms with Crippen LogP contribution in [-0.2, 0) is 17.9 Å². The summed E-state index contributed by atoms with van der Waals surface area (Å²) in [6, 6.07) is 13.5. The maximum atomic E-state index is 14.4. The number of halogens is 2. The molecule has 168 valence electrons. The zero-order valence-electron chi connectivity index (χ0n) is 17.7. The lowest BCUT2D eigenvalue weighted by Crippen LogP contribution is -2.66. The highest BCUT2D eigenvalue weighted by atomic mass is 35.5. The fourth-order valence-corrected chi connectivity index (χ4v) is 5.19. The molecule has 2 aromatic carbocycles. The Morgan fingerprint density at radius 3 is 2.59 bits per heavy atom. The lowest BCUT2D eigenvalue weighted by Gasteiger charge is -2.43. The maximum Gasteiger partial charge on any atom is 0.328 e. The molecular formula is C23H25ClFN5O2. The number of carbonyl (C=O) groups is 2. The van der Waals surface area contributed by atoms with Gasteiger partial charge in [0.2, 0.25) is 0 Å². The van der Waals surface area contributed by atoms with E-state index >= 15 is 0 Å². The molecule has 3 atom stereocenters. The minimum Gasteiger partial charge on any atom is -0.310 e. The van der Waals surface area contributed by atoms with Gasteiger partial charge in [0.15, 0.2) is 0 Å². The summed E-state index contributed by atoms with van der Waals surface area (Å²) in [5.41, 5.74) is 1.34. The van der Waals surface area contributed by atoms with Crippen molar-refractivity contribution in [2.45, 2.75) is 38.0 Å². The van der Waals surface area contributed by atoms with Gasteiger partial charge in [0.25, 0.3) is 5.91 Å². The van der Waals surface area contributed by atoms with Crippen LogP contribution in [-0.4, -0.2) is 70.2 Å². The first-order chi connectivity index (χ1) is 15.5. The van der Waals surface area contributed by atoms with Crippen molar-refractivity contribution >= 4 is 23.5 Å². The monoisotopic (exact) mass is 457 g/mol. The Hall–Kier alpha value is -2.52. The highest BCUT2D eigenvalue weighted by molar-refractivity contribution is 6.31. The SMILES string of the molecule is CN1C(=O)N(Cc2c(F)cccc2Cl)C(=O)C2C1NC1N(Cc3ccccc3)CCCN21. The summed E-state index contributed by atoms with van der Waals surface area (Å²) in [6.07, 6.45) is 0.317. The third-order valence-electron chi connectivity index (χ3n) is 6.57. The van der Waals surface area contributed by atoms with Crippen LogP contribution in [0.5, 0.6) is 0 Å². The highest BCUT2D eigenvalue weighted by Crippen LogP contribution is 2.32. The fourth-order valence-electron chi connectivity index (χ4n) is 4.96. The molecule has 5 rings (SSSR count). The Bertz CT molecular complexity index is 1020. The standard InChI is InChI=1S/C23H25ClFN5O2/c1-27-20-19(21(31)30(23(27)32)14-16-17(24)9-5-10-18(16)25)29-12-6-11-28(22(29)26-20)13-15-7-3-2-4-8-15/h2-5,7-10,19-20,22,26H,6,11-14H2,1H3. The first kappa shape index (κ1) is 21.3. The van der Waals surface area contributed by atoms with Crippen molar-refractivity contribution in [3.05, 3.63) is 70.5 Å². The van der Waals surface area contributed by atoms with E-state index in [-0.39, 0.29) is 29.3 Å². The molecule has 9 heteroatoms.